The molecule has 11 heteroatoms. The maximum absolute atomic E-state index is 13.9. The molecule has 5 aliphatic rings. The minimum Gasteiger partial charge on any atom is -0.445 e. The third-order valence-electron chi connectivity index (χ3n) is 10.1. The van der Waals surface area contributed by atoms with E-state index in [1.807, 2.05) is 13.0 Å². The highest BCUT2D eigenvalue weighted by molar-refractivity contribution is 5.96. The van der Waals surface area contributed by atoms with Crippen molar-refractivity contribution in [1.29, 1.82) is 0 Å². The molecule has 1 N–H and O–H groups in total. The lowest BCUT2D eigenvalue weighted by molar-refractivity contribution is -0.295. The van der Waals surface area contributed by atoms with Crippen molar-refractivity contribution in [2.75, 3.05) is 11.4 Å². The molecule has 8 nitrogen and oxygen atoms in total. The Labute approximate surface area is 235 Å². The fraction of sp³-hybridized carbons (Fsp3) is 0.600. The molecular weight excluding hydrogens is 537 g/mol. The average molecular weight is 571 g/mol. The van der Waals surface area contributed by atoms with Gasteiger partial charge in [-0.25, -0.2) is 4.98 Å². The second-order valence-electron chi connectivity index (χ2n) is 12.9. The van der Waals surface area contributed by atoms with Gasteiger partial charge in [0.1, 0.15) is 5.76 Å². The van der Waals surface area contributed by atoms with E-state index < -0.39 is 30.5 Å². The highest BCUT2D eigenvalue weighted by Crippen LogP contribution is 2.58. The molecule has 5 saturated carbocycles. The van der Waals surface area contributed by atoms with Gasteiger partial charge in [-0.3, -0.25) is 4.79 Å². The Morgan fingerprint density at radius 1 is 1.12 bits per heavy atom. The van der Waals surface area contributed by atoms with Gasteiger partial charge in [-0.05, 0) is 94.7 Å². The summed E-state index contributed by atoms with van der Waals surface area (Å²) < 4.78 is 51.7. The quantitative estimate of drug-likeness (QED) is 0.359. The van der Waals surface area contributed by atoms with Crippen LogP contribution in [0.5, 0.6) is 0 Å². The maximum Gasteiger partial charge on any atom is 0.417 e. The minimum absolute atomic E-state index is 0.0981. The number of hydrogen-bond acceptors (Lipinski definition) is 7. The van der Waals surface area contributed by atoms with Gasteiger partial charge in [0.05, 0.1) is 6.20 Å². The first-order chi connectivity index (χ1) is 19.5. The predicted molar refractivity (Wildman–Crippen MR) is 141 cm³/mol. The monoisotopic (exact) mass is 570 g/mol. The zero-order valence-electron chi connectivity index (χ0n) is 22.9. The number of fused-ring (bicyclic) bond motifs is 3. The normalized spacial score (nSPS) is 31.2. The minimum atomic E-state index is -4.77. The molecular formula is C30H33F3N4O4. The summed E-state index contributed by atoms with van der Waals surface area (Å²) >= 11 is 0. The second kappa shape index (κ2) is 9.14. The molecule has 2 heterocycles. The molecule has 218 valence electrons. The van der Waals surface area contributed by atoms with E-state index in [-0.39, 0.29) is 16.7 Å². The van der Waals surface area contributed by atoms with Crippen LogP contribution in [0.3, 0.4) is 0 Å². The van der Waals surface area contributed by atoms with Crippen molar-refractivity contribution >= 4 is 11.6 Å². The van der Waals surface area contributed by atoms with E-state index in [0.29, 0.717) is 35.4 Å². The zero-order valence-corrected chi connectivity index (χ0v) is 22.9. The van der Waals surface area contributed by atoms with Gasteiger partial charge in [0.15, 0.2) is 11.4 Å². The van der Waals surface area contributed by atoms with Crippen LogP contribution in [0.25, 0.3) is 11.5 Å². The maximum atomic E-state index is 13.9. The lowest BCUT2D eigenvalue weighted by Gasteiger charge is -2.54. The van der Waals surface area contributed by atoms with Crippen LogP contribution in [0.2, 0.25) is 0 Å². The Morgan fingerprint density at radius 2 is 1.83 bits per heavy atom. The molecule has 3 aromatic rings. The van der Waals surface area contributed by atoms with E-state index in [9.17, 15) is 23.1 Å². The van der Waals surface area contributed by atoms with Gasteiger partial charge < -0.3 is 18.9 Å². The van der Waals surface area contributed by atoms with Crippen LogP contribution in [0.1, 0.15) is 87.6 Å². The summed E-state index contributed by atoms with van der Waals surface area (Å²) in [6.07, 6.45) is 3.06. The number of rotatable bonds is 7. The van der Waals surface area contributed by atoms with Crippen LogP contribution >= 0.6 is 0 Å². The largest absolute Gasteiger partial charge is 0.445 e. The molecule has 5 aliphatic carbocycles. The number of oxazole rings is 1. The Morgan fingerprint density at radius 3 is 2.44 bits per heavy atom. The van der Waals surface area contributed by atoms with E-state index >= 15 is 0 Å². The fourth-order valence-electron chi connectivity index (χ4n) is 7.10. The first-order valence-electron chi connectivity index (χ1n) is 14.5. The average Bonchev–Trinajstić information content (AvgIpc) is 3.50. The van der Waals surface area contributed by atoms with Gasteiger partial charge >= 0.3 is 6.18 Å². The Balaban J connectivity index is 1.16. The third-order valence-corrected chi connectivity index (χ3v) is 10.1. The highest BCUT2D eigenvalue weighted by atomic mass is 19.4. The van der Waals surface area contributed by atoms with Gasteiger partial charge in [-0.15, -0.1) is 0 Å². The summed E-state index contributed by atoms with van der Waals surface area (Å²) in [6, 6.07) is 7.23. The zero-order chi connectivity index (χ0) is 28.6. The number of aromatic nitrogens is 3. The van der Waals surface area contributed by atoms with E-state index in [1.165, 1.54) is 0 Å². The third kappa shape index (κ3) is 4.56. The molecule has 8 rings (SSSR count). The van der Waals surface area contributed by atoms with Gasteiger partial charge in [0.2, 0.25) is 11.8 Å². The van der Waals surface area contributed by atoms with Crippen molar-refractivity contribution in [3.63, 3.8) is 0 Å². The number of benzene rings is 1. The van der Waals surface area contributed by atoms with Gasteiger partial charge in [0.25, 0.3) is 5.89 Å². The summed E-state index contributed by atoms with van der Waals surface area (Å²) in [5.41, 5.74) is -1.84. The number of nitrogens with zero attached hydrogens (tertiary/aromatic N) is 4. The second-order valence-corrected chi connectivity index (χ2v) is 12.9. The van der Waals surface area contributed by atoms with E-state index in [4.69, 9.17) is 8.94 Å². The van der Waals surface area contributed by atoms with Crippen molar-refractivity contribution in [1.82, 2.24) is 15.1 Å². The lowest BCUT2D eigenvalue weighted by atomic mass is 9.53. The Hall–Kier alpha value is -3.21. The van der Waals surface area contributed by atoms with E-state index in [2.05, 4.69) is 15.1 Å². The van der Waals surface area contributed by atoms with Gasteiger partial charge in [-0.1, -0.05) is 11.2 Å². The number of hydrogen-bond donors (Lipinski definition) is 1. The smallest absolute Gasteiger partial charge is 0.417 e. The van der Waals surface area contributed by atoms with Crippen molar-refractivity contribution in [2.24, 2.45) is 11.3 Å². The van der Waals surface area contributed by atoms with Crippen molar-refractivity contribution in [3.8, 4) is 11.5 Å². The molecule has 0 spiro atoms. The van der Waals surface area contributed by atoms with Crippen LogP contribution in [0.15, 0.2) is 39.4 Å². The van der Waals surface area contributed by atoms with Crippen LogP contribution in [-0.2, 0) is 10.2 Å². The summed E-state index contributed by atoms with van der Waals surface area (Å²) in [5.74, 6) is 1.63. The summed E-state index contributed by atoms with van der Waals surface area (Å²) in [4.78, 5) is 24.6. The number of carbonyl (C=O) groups is 1. The van der Waals surface area contributed by atoms with Crippen molar-refractivity contribution in [2.45, 2.75) is 94.2 Å². The highest BCUT2D eigenvalue weighted by Gasteiger charge is 2.63. The SMILES string of the molecule is Cc1cnc(C23CCC(CN(c4cccc(-c5nc(C6CC6)no5)c4)C(=O)[C@H]4C[C@](O)(C(F)(F)F)C4)(CC2)CC3)o1. The molecule has 0 unspecified atom stereocenters. The molecule has 0 radical (unpaired) electrons. The first-order valence-corrected chi connectivity index (χ1v) is 14.5. The molecule has 0 aliphatic heterocycles. The first kappa shape index (κ1) is 26.7. The number of halogens is 3. The Kier molecular flexibility index (Phi) is 5.95. The van der Waals surface area contributed by atoms with Crippen LogP contribution < -0.4 is 4.90 Å². The number of alkyl halides is 3. The molecule has 2 aromatic heterocycles. The van der Waals surface area contributed by atoms with Crippen molar-refractivity contribution < 1.29 is 32.0 Å². The summed E-state index contributed by atoms with van der Waals surface area (Å²) in [5, 5.41) is 14.2. The van der Waals surface area contributed by atoms with Gasteiger partial charge in [0, 0.05) is 35.0 Å². The number of aliphatic hydroxyl groups is 1. The summed E-state index contributed by atoms with van der Waals surface area (Å²) in [7, 11) is 0. The molecule has 2 bridgehead atoms. The standard InChI is InChI=1S/C30H33F3N4O4/c1-18-16-34-26(40-18)28-10-7-27(8-11-28,9-12-28)17-37(25(38)21-14-29(39,15-21)30(31,32)33)22-4-2-3-20(13-22)24-35-23(36-41-24)19-5-6-19/h2-4,13,16,19,21,39H,5-12,14-15,17H2,1H3/t21-,27?,28?,29+. The molecule has 1 aromatic carbocycles. The number of aryl methyl sites for hydroxylation is 1. The van der Waals surface area contributed by atoms with Crippen LogP contribution in [0.4, 0.5) is 18.9 Å². The van der Waals surface area contributed by atoms with Gasteiger partial charge in [-0.2, -0.15) is 18.2 Å². The molecule has 1 amide bonds. The van der Waals surface area contributed by atoms with Crippen LogP contribution in [-0.4, -0.2) is 44.5 Å². The fourth-order valence-corrected chi connectivity index (χ4v) is 7.10. The Bertz CT molecular complexity index is 1450. The molecule has 5 fully saturated rings. The lowest BCUT2D eigenvalue weighted by Crippen LogP contribution is -2.60. The number of anilines is 1. The van der Waals surface area contributed by atoms with E-state index in [1.54, 1.807) is 29.3 Å². The molecule has 41 heavy (non-hydrogen) atoms. The topological polar surface area (TPSA) is 105 Å². The number of carbonyl (C=O) groups excluding carboxylic acids is 1. The van der Waals surface area contributed by atoms with E-state index in [0.717, 1.165) is 63.0 Å². The van der Waals surface area contributed by atoms with Crippen molar-refractivity contribution in [3.05, 3.63) is 47.9 Å². The predicted octanol–water partition coefficient (Wildman–Crippen LogP) is 6.24. The molecule has 0 atom stereocenters. The number of amides is 1. The summed E-state index contributed by atoms with van der Waals surface area (Å²) in [6.45, 7) is 2.29. The molecule has 0 saturated heterocycles. The van der Waals surface area contributed by atoms with Crippen LogP contribution in [0, 0.1) is 18.3 Å².